The van der Waals surface area contributed by atoms with E-state index in [-0.39, 0.29) is 11.9 Å². The predicted octanol–water partition coefficient (Wildman–Crippen LogP) is 4.80. The first-order valence-electron chi connectivity index (χ1n) is 9.92. The van der Waals surface area contributed by atoms with Crippen LogP contribution in [0, 0.1) is 11.8 Å². The quantitative estimate of drug-likeness (QED) is 0.525. The fourth-order valence-corrected chi connectivity index (χ4v) is 4.05. The number of rotatable bonds is 5. The Balaban J connectivity index is 1.33. The highest BCUT2D eigenvalue weighted by molar-refractivity contribution is 9.10. The number of nitrogens with zero attached hydrogens (tertiary/aromatic N) is 3. The van der Waals surface area contributed by atoms with Gasteiger partial charge < -0.3 is 9.73 Å². The van der Waals surface area contributed by atoms with Gasteiger partial charge in [-0.3, -0.25) is 9.69 Å². The molecule has 0 radical (unpaired) electrons. The second kappa shape index (κ2) is 9.24. The highest BCUT2D eigenvalue weighted by atomic mass is 79.9. The summed E-state index contributed by atoms with van der Waals surface area (Å²) >= 11 is 8.78. The first kappa shape index (κ1) is 21.0. The third-order valence-electron chi connectivity index (χ3n) is 5.34. The van der Waals surface area contributed by atoms with Gasteiger partial charge in [0.15, 0.2) is 0 Å². The Kier molecular flexibility index (Phi) is 6.46. The van der Waals surface area contributed by atoms with Crippen molar-refractivity contribution < 1.29 is 9.21 Å². The van der Waals surface area contributed by atoms with Crippen LogP contribution in [0.2, 0.25) is 0 Å². The fourth-order valence-electron chi connectivity index (χ4n) is 3.60. The molecule has 1 fully saturated rings. The summed E-state index contributed by atoms with van der Waals surface area (Å²) in [6.07, 6.45) is 1.78. The van der Waals surface area contributed by atoms with E-state index < -0.39 is 0 Å². The average Bonchev–Trinajstić information content (AvgIpc) is 3.10. The molecular weight excluding hydrogens is 464 g/mol. The summed E-state index contributed by atoms with van der Waals surface area (Å²) in [4.78, 5) is 15.2. The number of halogens is 1. The van der Waals surface area contributed by atoms with Crippen molar-refractivity contribution in [3.8, 4) is 11.5 Å². The molecule has 0 unspecified atom stereocenters. The van der Waals surface area contributed by atoms with Crippen LogP contribution in [0.3, 0.4) is 0 Å². The van der Waals surface area contributed by atoms with Gasteiger partial charge in [0.05, 0.1) is 6.67 Å². The summed E-state index contributed by atoms with van der Waals surface area (Å²) in [5.74, 6) is 0.525. The van der Waals surface area contributed by atoms with E-state index in [0.29, 0.717) is 17.4 Å². The molecular formula is C22H23BrN4O2S. The summed E-state index contributed by atoms with van der Waals surface area (Å²) in [5, 5.41) is 7.71. The minimum atomic E-state index is 0.00408. The minimum Gasteiger partial charge on any atom is -0.409 e. The molecule has 6 nitrogen and oxygen atoms in total. The number of carbonyl (C=O) groups excluding carboxylic acids is 1. The van der Waals surface area contributed by atoms with Crippen LogP contribution in [0.15, 0.2) is 57.4 Å². The molecule has 2 heterocycles. The van der Waals surface area contributed by atoms with Crippen LogP contribution in [-0.2, 0) is 6.67 Å². The van der Waals surface area contributed by atoms with Crippen molar-refractivity contribution >= 4 is 34.1 Å². The van der Waals surface area contributed by atoms with Crippen molar-refractivity contribution in [2.75, 3.05) is 13.1 Å². The molecule has 1 aromatic heterocycles. The number of piperidine rings is 1. The number of hydrogen-bond acceptors (Lipinski definition) is 5. The third kappa shape index (κ3) is 4.88. The lowest BCUT2D eigenvalue weighted by Crippen LogP contribution is -2.45. The molecule has 0 saturated carbocycles. The lowest BCUT2D eigenvalue weighted by atomic mass is 10.0. The molecule has 0 aliphatic carbocycles. The monoisotopic (exact) mass is 486 g/mol. The molecule has 1 aliphatic rings. The summed E-state index contributed by atoms with van der Waals surface area (Å²) in [5.41, 5.74) is 2.63. The van der Waals surface area contributed by atoms with E-state index in [9.17, 15) is 4.79 Å². The van der Waals surface area contributed by atoms with Crippen LogP contribution in [0.4, 0.5) is 0 Å². The molecule has 1 amide bonds. The smallest absolute Gasteiger partial charge is 0.288 e. The standard InChI is InChI=1S/C22H23BrN4O2S/c1-15-4-2-3-5-19(15)20(28)24-18-10-12-26(13-11-18)14-27-22(30)29-21(25-27)16-6-8-17(23)9-7-16/h2-9,18H,10-14H2,1H3,(H,24,28). The first-order valence-corrected chi connectivity index (χ1v) is 11.1. The van der Waals surface area contributed by atoms with Gasteiger partial charge in [0.2, 0.25) is 5.89 Å². The Morgan fingerprint density at radius 3 is 2.60 bits per heavy atom. The van der Waals surface area contributed by atoms with Crippen LogP contribution in [0.25, 0.3) is 11.5 Å². The van der Waals surface area contributed by atoms with Crippen molar-refractivity contribution in [1.82, 2.24) is 20.0 Å². The summed E-state index contributed by atoms with van der Waals surface area (Å²) in [6, 6.07) is 15.6. The van der Waals surface area contributed by atoms with Crippen molar-refractivity contribution in [1.29, 1.82) is 0 Å². The van der Waals surface area contributed by atoms with Crippen LogP contribution < -0.4 is 5.32 Å². The Morgan fingerprint density at radius 1 is 1.20 bits per heavy atom. The Hall–Kier alpha value is -2.29. The molecule has 8 heteroatoms. The van der Waals surface area contributed by atoms with E-state index >= 15 is 0 Å². The van der Waals surface area contributed by atoms with Gasteiger partial charge in [-0.15, -0.1) is 5.10 Å². The average molecular weight is 487 g/mol. The maximum absolute atomic E-state index is 12.5. The summed E-state index contributed by atoms with van der Waals surface area (Å²) < 4.78 is 8.41. The number of likely N-dealkylation sites (tertiary alicyclic amines) is 1. The Bertz CT molecular complexity index is 1090. The molecule has 0 spiro atoms. The van der Waals surface area contributed by atoms with Gasteiger partial charge in [-0.05, 0) is 67.9 Å². The summed E-state index contributed by atoms with van der Waals surface area (Å²) in [7, 11) is 0. The van der Waals surface area contributed by atoms with Gasteiger partial charge in [0.25, 0.3) is 10.7 Å². The zero-order valence-corrected chi connectivity index (χ0v) is 19.1. The van der Waals surface area contributed by atoms with Gasteiger partial charge in [-0.2, -0.15) is 0 Å². The largest absolute Gasteiger partial charge is 0.409 e. The highest BCUT2D eigenvalue weighted by Crippen LogP contribution is 2.21. The SMILES string of the molecule is Cc1ccccc1C(=O)NC1CCN(Cn2nc(-c3ccc(Br)cc3)oc2=S)CC1. The molecule has 30 heavy (non-hydrogen) atoms. The molecule has 156 valence electrons. The van der Waals surface area contributed by atoms with E-state index in [1.807, 2.05) is 55.5 Å². The van der Waals surface area contributed by atoms with Crippen LogP contribution in [0.5, 0.6) is 0 Å². The Labute approximate surface area is 189 Å². The molecule has 0 bridgehead atoms. The highest BCUT2D eigenvalue weighted by Gasteiger charge is 2.22. The maximum atomic E-state index is 12.5. The molecule has 3 aromatic rings. The van der Waals surface area contributed by atoms with E-state index in [1.54, 1.807) is 4.68 Å². The van der Waals surface area contributed by atoms with Gasteiger partial charge in [0, 0.05) is 34.7 Å². The van der Waals surface area contributed by atoms with Gasteiger partial charge in [0.1, 0.15) is 0 Å². The van der Waals surface area contributed by atoms with Crippen molar-refractivity contribution in [3.63, 3.8) is 0 Å². The topological polar surface area (TPSA) is 63.3 Å². The van der Waals surface area contributed by atoms with Crippen molar-refractivity contribution in [2.45, 2.75) is 32.5 Å². The minimum absolute atomic E-state index is 0.00408. The number of amides is 1. The predicted molar refractivity (Wildman–Crippen MR) is 122 cm³/mol. The van der Waals surface area contributed by atoms with E-state index in [1.165, 1.54) is 0 Å². The van der Waals surface area contributed by atoms with Crippen LogP contribution in [0.1, 0.15) is 28.8 Å². The molecule has 2 aromatic carbocycles. The van der Waals surface area contributed by atoms with Crippen molar-refractivity contribution in [3.05, 3.63) is 69.0 Å². The first-order chi connectivity index (χ1) is 14.5. The zero-order chi connectivity index (χ0) is 21.1. The lowest BCUT2D eigenvalue weighted by Gasteiger charge is -2.32. The maximum Gasteiger partial charge on any atom is 0.288 e. The molecule has 1 aliphatic heterocycles. The number of carbonyl (C=O) groups is 1. The number of benzene rings is 2. The van der Waals surface area contributed by atoms with Gasteiger partial charge in [-0.25, -0.2) is 4.68 Å². The fraction of sp³-hybridized carbons (Fsp3) is 0.318. The molecule has 0 atom stereocenters. The normalized spacial score (nSPS) is 15.3. The van der Waals surface area contributed by atoms with E-state index in [2.05, 4.69) is 31.2 Å². The second-order valence-corrected chi connectivity index (χ2v) is 8.77. The lowest BCUT2D eigenvalue weighted by molar-refractivity contribution is 0.0895. The molecule has 4 rings (SSSR count). The van der Waals surface area contributed by atoms with Gasteiger partial charge in [-0.1, -0.05) is 34.1 Å². The zero-order valence-electron chi connectivity index (χ0n) is 16.7. The number of aromatic nitrogens is 2. The van der Waals surface area contributed by atoms with Crippen LogP contribution in [-0.4, -0.2) is 39.7 Å². The third-order valence-corrected chi connectivity index (χ3v) is 6.17. The van der Waals surface area contributed by atoms with E-state index in [4.69, 9.17) is 16.6 Å². The Morgan fingerprint density at radius 2 is 1.90 bits per heavy atom. The van der Waals surface area contributed by atoms with Gasteiger partial charge >= 0.3 is 0 Å². The number of aryl methyl sites for hydroxylation is 1. The number of hydrogen-bond donors (Lipinski definition) is 1. The second-order valence-electron chi connectivity index (χ2n) is 7.50. The molecule has 1 N–H and O–H groups in total. The van der Waals surface area contributed by atoms with Crippen LogP contribution >= 0.6 is 28.1 Å². The van der Waals surface area contributed by atoms with Crippen molar-refractivity contribution in [2.24, 2.45) is 0 Å². The summed E-state index contributed by atoms with van der Waals surface area (Å²) in [6.45, 7) is 4.26. The molecule has 1 saturated heterocycles. The number of nitrogens with one attached hydrogen (secondary N) is 1. The van der Waals surface area contributed by atoms with E-state index in [0.717, 1.165) is 47.1 Å².